The van der Waals surface area contributed by atoms with Gasteiger partial charge in [-0.3, -0.25) is 0 Å². The van der Waals surface area contributed by atoms with E-state index in [0.29, 0.717) is 0 Å². The molecule has 0 amide bonds. The quantitative estimate of drug-likeness (QED) is 0.722. The first-order valence-electron chi connectivity index (χ1n) is 7.07. The molecule has 0 radical (unpaired) electrons. The molecule has 2 nitrogen and oxygen atoms in total. The van der Waals surface area contributed by atoms with Gasteiger partial charge in [0.1, 0.15) is 0 Å². The highest BCUT2D eigenvalue weighted by atomic mass is 35.5. The van der Waals surface area contributed by atoms with Gasteiger partial charge in [0, 0.05) is 22.9 Å². The summed E-state index contributed by atoms with van der Waals surface area (Å²) in [7, 11) is 4.12. The molecule has 22 heavy (non-hydrogen) atoms. The van der Waals surface area contributed by atoms with Crippen molar-refractivity contribution in [3.05, 3.63) is 48.5 Å². The molecule has 2 aromatic rings. The van der Waals surface area contributed by atoms with Crippen molar-refractivity contribution >= 4 is 47.1 Å². The number of nitrogens with zero attached hydrogens (tertiary/aromatic N) is 2. The third-order valence-electron chi connectivity index (χ3n) is 3.48. The third kappa shape index (κ3) is 3.72. The number of alkyl halides is 1. The van der Waals surface area contributed by atoms with Gasteiger partial charge in [0.05, 0.1) is 16.8 Å². The molecule has 0 N–H and O–H groups in total. The monoisotopic (exact) mass is 354 g/mol. The summed E-state index contributed by atoms with van der Waals surface area (Å²) < 4.78 is 0. The van der Waals surface area contributed by atoms with E-state index >= 15 is 0 Å². The van der Waals surface area contributed by atoms with E-state index < -0.39 is 0 Å². The molecular formula is C17H20Cl2N2S. The Morgan fingerprint density at radius 2 is 1.50 bits per heavy atom. The van der Waals surface area contributed by atoms with Crippen molar-refractivity contribution in [3.63, 3.8) is 0 Å². The third-order valence-corrected chi connectivity index (χ3v) is 4.88. The first-order valence-corrected chi connectivity index (χ1v) is 8.32. The second-order valence-corrected chi connectivity index (χ2v) is 7.21. The molecule has 1 unspecified atom stereocenters. The average Bonchev–Trinajstić information content (AvgIpc) is 2.46. The van der Waals surface area contributed by atoms with Crippen LogP contribution in [0.3, 0.4) is 0 Å². The molecule has 1 atom stereocenters. The van der Waals surface area contributed by atoms with Gasteiger partial charge in [0.2, 0.25) is 0 Å². The van der Waals surface area contributed by atoms with Crippen molar-refractivity contribution in [2.45, 2.75) is 15.2 Å². The van der Waals surface area contributed by atoms with E-state index in [-0.39, 0.29) is 17.8 Å². The van der Waals surface area contributed by atoms with Crippen LogP contribution in [-0.4, -0.2) is 37.5 Å². The zero-order chi connectivity index (χ0) is 14.8. The molecule has 3 rings (SSSR count). The van der Waals surface area contributed by atoms with Gasteiger partial charge in [-0.2, -0.15) is 0 Å². The minimum absolute atomic E-state index is 0. The van der Waals surface area contributed by atoms with Crippen molar-refractivity contribution in [2.24, 2.45) is 0 Å². The van der Waals surface area contributed by atoms with Crippen LogP contribution in [0.5, 0.6) is 0 Å². The van der Waals surface area contributed by atoms with Gasteiger partial charge in [-0.1, -0.05) is 36.0 Å². The Hall–Kier alpha value is -0.870. The van der Waals surface area contributed by atoms with Crippen molar-refractivity contribution in [1.29, 1.82) is 0 Å². The SMILES string of the molecule is CN(C)CC(Cl)CN1c2ccccc2Sc2ccccc21.Cl. The van der Waals surface area contributed by atoms with Crippen molar-refractivity contribution < 1.29 is 0 Å². The summed E-state index contributed by atoms with van der Waals surface area (Å²) in [5.41, 5.74) is 2.51. The van der Waals surface area contributed by atoms with Crippen LogP contribution in [0.4, 0.5) is 11.4 Å². The lowest BCUT2D eigenvalue weighted by molar-refractivity contribution is 0.405. The maximum atomic E-state index is 6.55. The maximum Gasteiger partial charge on any atom is 0.0642 e. The maximum absolute atomic E-state index is 6.55. The number of halogens is 2. The van der Waals surface area contributed by atoms with E-state index in [9.17, 15) is 0 Å². The van der Waals surface area contributed by atoms with Gasteiger partial charge in [-0.15, -0.1) is 24.0 Å². The van der Waals surface area contributed by atoms with Crippen molar-refractivity contribution in [2.75, 3.05) is 32.1 Å². The summed E-state index contributed by atoms with van der Waals surface area (Å²) in [6, 6.07) is 17.1. The molecule has 0 spiro atoms. The summed E-state index contributed by atoms with van der Waals surface area (Å²) in [6.45, 7) is 1.68. The molecule has 1 aliphatic heterocycles. The van der Waals surface area contributed by atoms with E-state index in [1.165, 1.54) is 21.2 Å². The fourth-order valence-corrected chi connectivity index (χ4v) is 4.14. The number of fused-ring (bicyclic) bond motifs is 2. The van der Waals surface area contributed by atoms with Crippen molar-refractivity contribution in [3.8, 4) is 0 Å². The Balaban J connectivity index is 0.00000176. The highest BCUT2D eigenvalue weighted by Crippen LogP contribution is 2.47. The van der Waals surface area contributed by atoms with Gasteiger partial charge in [-0.25, -0.2) is 0 Å². The standard InChI is InChI=1S/C17H19ClN2S.ClH/c1-19(2)11-13(18)12-20-14-7-3-5-9-16(14)21-17-10-6-4-8-15(17)20;/h3-10,13H,11-12H2,1-2H3;1H. The fraction of sp³-hybridized carbons (Fsp3) is 0.294. The molecule has 0 saturated heterocycles. The summed E-state index contributed by atoms with van der Waals surface area (Å²) in [4.78, 5) is 7.08. The topological polar surface area (TPSA) is 6.48 Å². The van der Waals surface area contributed by atoms with Gasteiger partial charge in [-0.05, 0) is 38.4 Å². The Bertz CT molecular complexity index is 588. The lowest BCUT2D eigenvalue weighted by Crippen LogP contribution is -2.33. The first kappa shape index (κ1) is 17.5. The smallest absolute Gasteiger partial charge is 0.0642 e. The number of benzene rings is 2. The number of hydrogen-bond acceptors (Lipinski definition) is 3. The highest BCUT2D eigenvalue weighted by molar-refractivity contribution is 7.99. The molecule has 5 heteroatoms. The number of rotatable bonds is 4. The second kappa shape index (κ2) is 7.60. The Morgan fingerprint density at radius 3 is 2.00 bits per heavy atom. The van der Waals surface area contributed by atoms with Crippen LogP contribution >= 0.6 is 35.8 Å². The van der Waals surface area contributed by atoms with Crippen LogP contribution in [0.15, 0.2) is 58.3 Å². The Kier molecular flexibility index (Phi) is 6.04. The van der Waals surface area contributed by atoms with Crippen molar-refractivity contribution in [1.82, 2.24) is 4.90 Å². The van der Waals surface area contributed by atoms with E-state index in [0.717, 1.165) is 13.1 Å². The van der Waals surface area contributed by atoms with Crippen LogP contribution in [0.25, 0.3) is 0 Å². The van der Waals surface area contributed by atoms with E-state index in [4.69, 9.17) is 11.6 Å². The molecule has 0 fully saturated rings. The molecule has 0 bridgehead atoms. The highest BCUT2D eigenvalue weighted by Gasteiger charge is 2.24. The number of hydrogen-bond donors (Lipinski definition) is 0. The second-order valence-electron chi connectivity index (χ2n) is 5.51. The molecule has 1 aliphatic rings. The lowest BCUT2D eigenvalue weighted by Gasteiger charge is -2.34. The van der Waals surface area contributed by atoms with Crippen LogP contribution in [0, 0.1) is 0 Å². The lowest BCUT2D eigenvalue weighted by atomic mass is 10.2. The largest absolute Gasteiger partial charge is 0.338 e. The molecular weight excluding hydrogens is 335 g/mol. The Morgan fingerprint density at radius 1 is 1.00 bits per heavy atom. The van der Waals surface area contributed by atoms with Gasteiger partial charge in [0.15, 0.2) is 0 Å². The van der Waals surface area contributed by atoms with Crippen LogP contribution in [0.2, 0.25) is 0 Å². The normalized spacial score (nSPS) is 14.1. The van der Waals surface area contributed by atoms with Crippen LogP contribution in [-0.2, 0) is 0 Å². The van der Waals surface area contributed by atoms with Gasteiger partial charge >= 0.3 is 0 Å². The number of anilines is 2. The molecule has 118 valence electrons. The molecule has 1 heterocycles. The van der Waals surface area contributed by atoms with Gasteiger partial charge < -0.3 is 9.80 Å². The first-order chi connectivity index (χ1) is 10.1. The summed E-state index contributed by atoms with van der Waals surface area (Å²) in [6.07, 6.45) is 0. The fourth-order valence-electron chi connectivity index (χ4n) is 2.63. The minimum Gasteiger partial charge on any atom is -0.338 e. The van der Waals surface area contributed by atoms with E-state index in [1.54, 1.807) is 0 Å². The minimum atomic E-state index is 0. The van der Waals surface area contributed by atoms with E-state index in [1.807, 2.05) is 11.8 Å². The summed E-state index contributed by atoms with van der Waals surface area (Å²) in [5.74, 6) is 0. The van der Waals surface area contributed by atoms with Crippen LogP contribution in [0.1, 0.15) is 0 Å². The molecule has 0 aliphatic carbocycles. The number of para-hydroxylation sites is 2. The Labute approximate surface area is 147 Å². The average molecular weight is 355 g/mol. The summed E-state index contributed by atoms with van der Waals surface area (Å²) >= 11 is 8.38. The zero-order valence-corrected chi connectivity index (χ0v) is 15.1. The van der Waals surface area contributed by atoms with Gasteiger partial charge in [0.25, 0.3) is 0 Å². The zero-order valence-electron chi connectivity index (χ0n) is 12.7. The molecule has 2 aromatic carbocycles. The molecule has 0 saturated carbocycles. The van der Waals surface area contributed by atoms with Crippen LogP contribution < -0.4 is 4.90 Å². The summed E-state index contributed by atoms with van der Waals surface area (Å²) in [5, 5.41) is 0.0872. The van der Waals surface area contributed by atoms with E-state index in [2.05, 4.69) is 72.4 Å². The predicted molar refractivity (Wildman–Crippen MR) is 99.5 cm³/mol. The predicted octanol–water partition coefficient (Wildman–Crippen LogP) is 4.88. The molecule has 0 aromatic heterocycles.